The summed E-state index contributed by atoms with van der Waals surface area (Å²) in [5, 5.41) is 3.62. The Labute approximate surface area is 82.3 Å². The van der Waals surface area contributed by atoms with Gasteiger partial charge in [-0.2, -0.15) is 0 Å². The third kappa shape index (κ3) is 4.10. The SMILES string of the molecule is CC(C)(CCN)NCC1CCCC1. The van der Waals surface area contributed by atoms with Gasteiger partial charge < -0.3 is 11.1 Å². The quantitative estimate of drug-likeness (QED) is 0.685. The molecule has 0 heterocycles. The van der Waals surface area contributed by atoms with Gasteiger partial charge >= 0.3 is 0 Å². The normalized spacial score (nSPS) is 19.6. The monoisotopic (exact) mass is 184 g/mol. The van der Waals surface area contributed by atoms with E-state index < -0.39 is 0 Å². The summed E-state index contributed by atoms with van der Waals surface area (Å²) >= 11 is 0. The van der Waals surface area contributed by atoms with Crippen LogP contribution >= 0.6 is 0 Å². The fourth-order valence-electron chi connectivity index (χ4n) is 2.08. The summed E-state index contributed by atoms with van der Waals surface area (Å²) < 4.78 is 0. The number of nitrogens with two attached hydrogens (primary N) is 1. The molecule has 0 aromatic carbocycles. The topological polar surface area (TPSA) is 38.0 Å². The van der Waals surface area contributed by atoms with Crippen LogP contribution in [0.3, 0.4) is 0 Å². The van der Waals surface area contributed by atoms with Crippen LogP contribution in [0.15, 0.2) is 0 Å². The smallest absolute Gasteiger partial charge is 0.0137 e. The molecule has 2 nitrogen and oxygen atoms in total. The number of nitrogens with one attached hydrogen (secondary N) is 1. The van der Waals surface area contributed by atoms with Gasteiger partial charge in [-0.05, 0) is 52.1 Å². The highest BCUT2D eigenvalue weighted by atomic mass is 15.0. The summed E-state index contributed by atoms with van der Waals surface area (Å²) in [7, 11) is 0. The second kappa shape index (κ2) is 4.97. The Balaban J connectivity index is 2.15. The molecule has 1 aliphatic rings. The highest BCUT2D eigenvalue weighted by Gasteiger charge is 2.20. The number of rotatable bonds is 5. The van der Waals surface area contributed by atoms with E-state index in [0.29, 0.717) is 0 Å². The molecule has 1 saturated carbocycles. The third-order valence-corrected chi connectivity index (χ3v) is 3.11. The lowest BCUT2D eigenvalue weighted by Gasteiger charge is -2.27. The highest BCUT2D eigenvalue weighted by molar-refractivity contribution is 4.80. The molecular formula is C11H24N2. The first-order valence-corrected chi connectivity index (χ1v) is 5.59. The van der Waals surface area contributed by atoms with Gasteiger partial charge in [0.05, 0.1) is 0 Å². The molecule has 0 atom stereocenters. The first-order valence-electron chi connectivity index (χ1n) is 5.59. The average molecular weight is 184 g/mol. The van der Waals surface area contributed by atoms with Crippen LogP contribution in [-0.2, 0) is 0 Å². The zero-order valence-electron chi connectivity index (χ0n) is 9.10. The highest BCUT2D eigenvalue weighted by Crippen LogP contribution is 2.24. The largest absolute Gasteiger partial charge is 0.330 e. The van der Waals surface area contributed by atoms with E-state index in [2.05, 4.69) is 19.2 Å². The van der Waals surface area contributed by atoms with E-state index in [1.54, 1.807) is 0 Å². The molecule has 0 saturated heterocycles. The molecule has 1 fully saturated rings. The fraction of sp³-hybridized carbons (Fsp3) is 1.00. The molecule has 0 aromatic heterocycles. The summed E-state index contributed by atoms with van der Waals surface area (Å²) in [6.45, 7) is 6.46. The van der Waals surface area contributed by atoms with E-state index in [0.717, 1.165) is 18.9 Å². The molecule has 0 radical (unpaired) electrons. The Kier molecular flexibility index (Phi) is 4.20. The van der Waals surface area contributed by atoms with Crippen LogP contribution < -0.4 is 11.1 Å². The minimum atomic E-state index is 0.233. The summed E-state index contributed by atoms with van der Waals surface area (Å²) in [5.74, 6) is 0.928. The minimum absolute atomic E-state index is 0.233. The Morgan fingerprint density at radius 3 is 2.46 bits per heavy atom. The van der Waals surface area contributed by atoms with Crippen molar-refractivity contribution >= 4 is 0 Å². The molecule has 1 rings (SSSR count). The van der Waals surface area contributed by atoms with Crippen molar-refractivity contribution in [1.82, 2.24) is 5.32 Å². The van der Waals surface area contributed by atoms with Crippen LogP contribution in [0.25, 0.3) is 0 Å². The van der Waals surface area contributed by atoms with E-state index in [-0.39, 0.29) is 5.54 Å². The molecule has 13 heavy (non-hydrogen) atoms. The summed E-state index contributed by atoms with van der Waals surface area (Å²) in [6, 6.07) is 0. The molecule has 0 spiro atoms. The maximum atomic E-state index is 5.56. The van der Waals surface area contributed by atoms with Gasteiger partial charge in [0.2, 0.25) is 0 Å². The van der Waals surface area contributed by atoms with Crippen molar-refractivity contribution < 1.29 is 0 Å². The Hall–Kier alpha value is -0.0800. The van der Waals surface area contributed by atoms with Crippen LogP contribution in [0.2, 0.25) is 0 Å². The molecule has 0 aliphatic heterocycles. The zero-order valence-corrected chi connectivity index (χ0v) is 9.10. The molecule has 0 unspecified atom stereocenters. The molecule has 0 amide bonds. The van der Waals surface area contributed by atoms with Gasteiger partial charge in [0.25, 0.3) is 0 Å². The molecule has 0 bridgehead atoms. The Bertz CT molecular complexity index is 137. The second-order valence-corrected chi connectivity index (χ2v) is 4.95. The summed E-state index contributed by atoms with van der Waals surface area (Å²) in [5.41, 5.74) is 5.79. The van der Waals surface area contributed by atoms with E-state index in [1.165, 1.54) is 32.2 Å². The fourth-order valence-corrected chi connectivity index (χ4v) is 2.08. The van der Waals surface area contributed by atoms with Crippen molar-refractivity contribution in [2.45, 2.75) is 51.5 Å². The maximum absolute atomic E-state index is 5.56. The standard InChI is InChI=1S/C11H24N2/c1-11(2,7-8-12)13-9-10-5-3-4-6-10/h10,13H,3-9,12H2,1-2H3. The van der Waals surface area contributed by atoms with Crippen molar-refractivity contribution in [3.05, 3.63) is 0 Å². The molecule has 3 N–H and O–H groups in total. The first kappa shape index (κ1) is 11.0. The molecular weight excluding hydrogens is 160 g/mol. The van der Waals surface area contributed by atoms with Crippen LogP contribution in [0, 0.1) is 5.92 Å². The van der Waals surface area contributed by atoms with Gasteiger partial charge in [0.15, 0.2) is 0 Å². The minimum Gasteiger partial charge on any atom is -0.330 e. The third-order valence-electron chi connectivity index (χ3n) is 3.11. The maximum Gasteiger partial charge on any atom is 0.0137 e. The van der Waals surface area contributed by atoms with Gasteiger partial charge in [-0.15, -0.1) is 0 Å². The summed E-state index contributed by atoms with van der Waals surface area (Å²) in [6.07, 6.45) is 6.78. The van der Waals surface area contributed by atoms with Gasteiger partial charge in [-0.3, -0.25) is 0 Å². The van der Waals surface area contributed by atoms with Gasteiger partial charge in [0, 0.05) is 5.54 Å². The van der Waals surface area contributed by atoms with E-state index in [1.807, 2.05) is 0 Å². The molecule has 2 heteroatoms. The van der Waals surface area contributed by atoms with Crippen molar-refractivity contribution in [2.75, 3.05) is 13.1 Å². The Morgan fingerprint density at radius 1 is 1.31 bits per heavy atom. The van der Waals surface area contributed by atoms with E-state index in [9.17, 15) is 0 Å². The molecule has 1 aliphatic carbocycles. The lowest BCUT2D eigenvalue weighted by atomic mass is 9.99. The predicted octanol–water partition coefficient (Wildman–Crippen LogP) is 1.89. The summed E-state index contributed by atoms with van der Waals surface area (Å²) in [4.78, 5) is 0. The van der Waals surface area contributed by atoms with Crippen molar-refractivity contribution in [3.63, 3.8) is 0 Å². The zero-order chi connectivity index (χ0) is 9.73. The first-order chi connectivity index (χ1) is 6.14. The number of hydrogen-bond acceptors (Lipinski definition) is 2. The van der Waals surface area contributed by atoms with Gasteiger partial charge in [0.1, 0.15) is 0 Å². The van der Waals surface area contributed by atoms with Crippen LogP contribution in [0.1, 0.15) is 46.0 Å². The lowest BCUT2D eigenvalue weighted by Crippen LogP contribution is -2.43. The van der Waals surface area contributed by atoms with Gasteiger partial charge in [-0.25, -0.2) is 0 Å². The average Bonchev–Trinajstić information content (AvgIpc) is 2.52. The van der Waals surface area contributed by atoms with Crippen molar-refractivity contribution in [1.29, 1.82) is 0 Å². The number of hydrogen-bond donors (Lipinski definition) is 2. The van der Waals surface area contributed by atoms with Crippen LogP contribution in [0.5, 0.6) is 0 Å². The second-order valence-electron chi connectivity index (χ2n) is 4.95. The van der Waals surface area contributed by atoms with Gasteiger partial charge in [-0.1, -0.05) is 12.8 Å². The molecule has 78 valence electrons. The molecule has 0 aromatic rings. The van der Waals surface area contributed by atoms with Crippen molar-refractivity contribution in [3.8, 4) is 0 Å². The van der Waals surface area contributed by atoms with E-state index >= 15 is 0 Å². The van der Waals surface area contributed by atoms with E-state index in [4.69, 9.17) is 5.73 Å². The Morgan fingerprint density at radius 2 is 1.92 bits per heavy atom. The lowest BCUT2D eigenvalue weighted by molar-refractivity contribution is 0.333. The predicted molar refractivity (Wildman–Crippen MR) is 57.7 cm³/mol. The van der Waals surface area contributed by atoms with Crippen LogP contribution in [0.4, 0.5) is 0 Å². The van der Waals surface area contributed by atoms with Crippen molar-refractivity contribution in [2.24, 2.45) is 11.7 Å². The van der Waals surface area contributed by atoms with Crippen LogP contribution in [-0.4, -0.2) is 18.6 Å².